The normalized spacial score (nSPS) is 9.68. The van der Waals surface area contributed by atoms with E-state index in [1.54, 1.807) is 0 Å². The van der Waals surface area contributed by atoms with Gasteiger partial charge in [-0.3, -0.25) is 14.4 Å². The lowest BCUT2D eigenvalue weighted by atomic mass is 10.1. The van der Waals surface area contributed by atoms with Crippen molar-refractivity contribution in [1.82, 2.24) is 4.90 Å². The molecule has 0 aliphatic carbocycles. The highest BCUT2D eigenvalue weighted by Crippen LogP contribution is 2.08. The summed E-state index contributed by atoms with van der Waals surface area (Å²) >= 11 is 0. The van der Waals surface area contributed by atoms with Crippen LogP contribution in [0, 0.1) is 0 Å². The van der Waals surface area contributed by atoms with Crippen LogP contribution in [0.5, 0.6) is 0 Å². The Kier molecular flexibility index (Phi) is 4.82. The van der Waals surface area contributed by atoms with Crippen LogP contribution in [-0.4, -0.2) is 40.9 Å². The lowest BCUT2D eigenvalue weighted by Gasteiger charge is -2.19. The Balaban J connectivity index is 3.01. The number of rotatable bonds is 6. The first-order valence-corrected chi connectivity index (χ1v) is 5.47. The predicted molar refractivity (Wildman–Crippen MR) is 68.7 cm³/mol. The number of nitrogens with zero attached hydrogens (tertiary/aromatic N) is 1. The monoisotopic (exact) mass is 262 g/mol. The van der Waals surface area contributed by atoms with Gasteiger partial charge in [-0.15, -0.1) is 6.58 Å². The third-order valence-electron chi connectivity index (χ3n) is 2.36. The topological polar surface area (TPSA) is 101 Å². The molecule has 0 saturated carbocycles. The third-order valence-corrected chi connectivity index (χ3v) is 2.36. The van der Waals surface area contributed by atoms with Crippen LogP contribution in [0.25, 0.3) is 0 Å². The van der Waals surface area contributed by atoms with Crippen LogP contribution < -0.4 is 5.73 Å². The second-order valence-corrected chi connectivity index (χ2v) is 3.81. The Morgan fingerprint density at radius 1 is 1.32 bits per heavy atom. The average Bonchev–Trinajstić information content (AvgIpc) is 2.37. The number of aliphatic carboxylic acids is 1. The standard InChI is InChI=1S/C13H14N2O4/c1-2-6-15(8-11(16)17)13(19)10-5-3-4-9(7-10)12(14)18/h2-5,7H,1,6,8H2,(H2,14,18)(H,16,17). The number of hydrogen-bond donors (Lipinski definition) is 2. The molecule has 0 bridgehead atoms. The number of carboxylic acid groups (broad SMARTS) is 1. The van der Waals surface area contributed by atoms with Gasteiger partial charge in [0.25, 0.3) is 5.91 Å². The van der Waals surface area contributed by atoms with Gasteiger partial charge in [0, 0.05) is 17.7 Å². The van der Waals surface area contributed by atoms with Gasteiger partial charge < -0.3 is 15.7 Å². The Bertz CT molecular complexity index is 525. The molecule has 6 heteroatoms. The van der Waals surface area contributed by atoms with E-state index in [0.717, 1.165) is 4.90 Å². The molecule has 2 amide bonds. The number of carboxylic acids is 1. The van der Waals surface area contributed by atoms with Crippen LogP contribution in [0.4, 0.5) is 0 Å². The smallest absolute Gasteiger partial charge is 0.323 e. The lowest BCUT2D eigenvalue weighted by molar-refractivity contribution is -0.137. The number of carbonyl (C=O) groups excluding carboxylic acids is 2. The van der Waals surface area contributed by atoms with E-state index in [1.165, 1.54) is 30.3 Å². The maximum Gasteiger partial charge on any atom is 0.323 e. The van der Waals surface area contributed by atoms with Crippen molar-refractivity contribution in [2.75, 3.05) is 13.1 Å². The van der Waals surface area contributed by atoms with E-state index in [2.05, 4.69) is 6.58 Å². The fourth-order valence-electron chi connectivity index (χ4n) is 1.53. The molecule has 0 aromatic heterocycles. The lowest BCUT2D eigenvalue weighted by Crippen LogP contribution is -2.35. The number of benzene rings is 1. The Morgan fingerprint density at radius 3 is 2.47 bits per heavy atom. The zero-order chi connectivity index (χ0) is 14.4. The number of primary amides is 1. The molecule has 0 radical (unpaired) electrons. The molecular weight excluding hydrogens is 248 g/mol. The summed E-state index contributed by atoms with van der Waals surface area (Å²) in [6.07, 6.45) is 1.43. The van der Waals surface area contributed by atoms with Gasteiger partial charge in [0.1, 0.15) is 6.54 Å². The van der Waals surface area contributed by atoms with E-state index in [1.807, 2.05) is 0 Å². The van der Waals surface area contributed by atoms with Gasteiger partial charge in [-0.2, -0.15) is 0 Å². The average molecular weight is 262 g/mol. The Hall–Kier alpha value is -2.63. The highest BCUT2D eigenvalue weighted by Gasteiger charge is 2.18. The molecule has 1 rings (SSSR count). The van der Waals surface area contributed by atoms with E-state index < -0.39 is 24.3 Å². The molecule has 3 N–H and O–H groups in total. The number of hydrogen-bond acceptors (Lipinski definition) is 3. The fourth-order valence-corrected chi connectivity index (χ4v) is 1.53. The summed E-state index contributed by atoms with van der Waals surface area (Å²) < 4.78 is 0. The summed E-state index contributed by atoms with van der Waals surface area (Å²) in [4.78, 5) is 34.9. The first kappa shape index (κ1) is 14.4. The molecule has 0 aliphatic rings. The minimum atomic E-state index is -1.12. The number of amides is 2. The molecule has 0 saturated heterocycles. The molecule has 19 heavy (non-hydrogen) atoms. The summed E-state index contributed by atoms with van der Waals surface area (Å²) in [5.41, 5.74) is 5.53. The molecule has 0 aliphatic heterocycles. The van der Waals surface area contributed by atoms with Gasteiger partial charge in [-0.05, 0) is 18.2 Å². The zero-order valence-electron chi connectivity index (χ0n) is 10.2. The van der Waals surface area contributed by atoms with Crippen molar-refractivity contribution in [2.45, 2.75) is 0 Å². The number of carbonyl (C=O) groups is 3. The Morgan fingerprint density at radius 2 is 1.95 bits per heavy atom. The van der Waals surface area contributed by atoms with Gasteiger partial charge >= 0.3 is 5.97 Å². The summed E-state index contributed by atoms with van der Waals surface area (Å²) in [5, 5.41) is 8.75. The second kappa shape index (κ2) is 6.34. The SMILES string of the molecule is C=CCN(CC(=O)O)C(=O)c1cccc(C(N)=O)c1. The molecule has 1 aromatic carbocycles. The maximum absolute atomic E-state index is 12.1. The highest BCUT2D eigenvalue weighted by atomic mass is 16.4. The molecule has 100 valence electrons. The largest absolute Gasteiger partial charge is 0.480 e. The van der Waals surface area contributed by atoms with Crippen molar-refractivity contribution >= 4 is 17.8 Å². The van der Waals surface area contributed by atoms with Crippen LogP contribution in [0.3, 0.4) is 0 Å². The number of nitrogens with two attached hydrogens (primary N) is 1. The van der Waals surface area contributed by atoms with Gasteiger partial charge in [-0.1, -0.05) is 12.1 Å². The first-order chi connectivity index (χ1) is 8.95. The maximum atomic E-state index is 12.1. The van der Waals surface area contributed by atoms with E-state index >= 15 is 0 Å². The summed E-state index contributed by atoms with van der Waals surface area (Å²) in [6.45, 7) is 3.13. The van der Waals surface area contributed by atoms with Gasteiger partial charge in [0.2, 0.25) is 5.91 Å². The molecule has 0 fully saturated rings. The van der Waals surface area contributed by atoms with Gasteiger partial charge in [0.15, 0.2) is 0 Å². The van der Waals surface area contributed by atoms with Gasteiger partial charge in [0.05, 0.1) is 0 Å². The molecule has 0 heterocycles. The van der Waals surface area contributed by atoms with Crippen molar-refractivity contribution in [3.05, 3.63) is 48.0 Å². The van der Waals surface area contributed by atoms with Gasteiger partial charge in [-0.25, -0.2) is 0 Å². The van der Waals surface area contributed by atoms with E-state index in [-0.39, 0.29) is 17.7 Å². The molecule has 0 atom stereocenters. The minimum Gasteiger partial charge on any atom is -0.480 e. The van der Waals surface area contributed by atoms with Crippen LogP contribution in [0.15, 0.2) is 36.9 Å². The van der Waals surface area contributed by atoms with Crippen molar-refractivity contribution < 1.29 is 19.5 Å². The minimum absolute atomic E-state index is 0.103. The predicted octanol–water partition coefficient (Wildman–Crippen LogP) is 0.498. The molecule has 6 nitrogen and oxygen atoms in total. The molecular formula is C13H14N2O4. The summed E-state index contributed by atoms with van der Waals surface area (Å²) in [5.74, 6) is -2.27. The van der Waals surface area contributed by atoms with Crippen LogP contribution in [-0.2, 0) is 4.79 Å². The first-order valence-electron chi connectivity index (χ1n) is 5.47. The molecule has 1 aromatic rings. The van der Waals surface area contributed by atoms with E-state index in [9.17, 15) is 14.4 Å². The van der Waals surface area contributed by atoms with Crippen molar-refractivity contribution in [2.24, 2.45) is 5.73 Å². The molecule has 0 unspecified atom stereocenters. The highest BCUT2D eigenvalue weighted by molar-refractivity contribution is 5.99. The molecule has 0 spiro atoms. The van der Waals surface area contributed by atoms with Crippen LogP contribution in [0.2, 0.25) is 0 Å². The van der Waals surface area contributed by atoms with Crippen LogP contribution >= 0.6 is 0 Å². The Labute approximate surface area is 110 Å². The summed E-state index contributed by atoms with van der Waals surface area (Å²) in [6, 6.07) is 5.82. The third kappa shape index (κ3) is 3.95. The van der Waals surface area contributed by atoms with Crippen LogP contribution in [0.1, 0.15) is 20.7 Å². The zero-order valence-corrected chi connectivity index (χ0v) is 10.2. The fraction of sp³-hybridized carbons (Fsp3) is 0.154. The van der Waals surface area contributed by atoms with Crippen molar-refractivity contribution in [1.29, 1.82) is 0 Å². The van der Waals surface area contributed by atoms with E-state index in [0.29, 0.717) is 0 Å². The van der Waals surface area contributed by atoms with Crippen molar-refractivity contribution in [3.8, 4) is 0 Å². The second-order valence-electron chi connectivity index (χ2n) is 3.81. The van der Waals surface area contributed by atoms with Crippen molar-refractivity contribution in [3.63, 3.8) is 0 Å². The summed E-state index contributed by atoms with van der Waals surface area (Å²) in [7, 11) is 0. The van der Waals surface area contributed by atoms with E-state index in [4.69, 9.17) is 10.8 Å². The quantitative estimate of drug-likeness (QED) is 0.729.